The molecule has 0 bridgehead atoms. The Morgan fingerprint density at radius 2 is 1.96 bits per heavy atom. The third-order valence-electron chi connectivity index (χ3n) is 3.76. The molecule has 7 heteroatoms. The molecule has 2 aromatic carbocycles. The van der Waals surface area contributed by atoms with E-state index in [0.717, 1.165) is 5.69 Å². The Morgan fingerprint density at radius 3 is 2.67 bits per heavy atom. The fourth-order valence-electron chi connectivity index (χ4n) is 2.59. The van der Waals surface area contributed by atoms with Gasteiger partial charge in [0.1, 0.15) is 11.9 Å². The van der Waals surface area contributed by atoms with Gasteiger partial charge in [0.15, 0.2) is 0 Å². The molecule has 5 nitrogen and oxygen atoms in total. The fraction of sp³-hybridized carbons (Fsp3) is 0.176. The van der Waals surface area contributed by atoms with Crippen LogP contribution in [0.15, 0.2) is 53.0 Å². The highest BCUT2D eigenvalue weighted by molar-refractivity contribution is 9.10. The van der Waals surface area contributed by atoms with E-state index in [9.17, 15) is 14.0 Å². The average Bonchev–Trinajstić information content (AvgIpc) is 2.92. The van der Waals surface area contributed by atoms with Gasteiger partial charge in [0.25, 0.3) is 0 Å². The van der Waals surface area contributed by atoms with E-state index >= 15 is 0 Å². The van der Waals surface area contributed by atoms with Crippen LogP contribution in [0, 0.1) is 5.82 Å². The number of nitrogens with zero attached hydrogens (tertiary/aromatic N) is 1. The highest BCUT2D eigenvalue weighted by atomic mass is 79.9. The van der Waals surface area contributed by atoms with Crippen molar-refractivity contribution < 1.29 is 14.0 Å². The van der Waals surface area contributed by atoms with E-state index in [1.807, 2.05) is 30.3 Å². The largest absolute Gasteiger partial charge is 0.326 e. The summed E-state index contributed by atoms with van der Waals surface area (Å²) in [5, 5.41) is 5.02. The third-order valence-corrected chi connectivity index (χ3v) is 4.25. The zero-order valence-electron chi connectivity index (χ0n) is 12.6. The molecule has 3 rings (SSSR count). The summed E-state index contributed by atoms with van der Waals surface area (Å²) < 4.78 is 14.3. The molecule has 1 aliphatic heterocycles. The zero-order chi connectivity index (χ0) is 17.1. The number of carbonyl (C=O) groups is 2. The quantitative estimate of drug-likeness (QED) is 0.840. The maximum absolute atomic E-state index is 13.7. The van der Waals surface area contributed by atoms with Crippen LogP contribution in [0.2, 0.25) is 0 Å². The molecule has 0 aliphatic carbocycles. The smallest absolute Gasteiger partial charge is 0.319 e. The summed E-state index contributed by atoms with van der Waals surface area (Å²) in [6, 6.07) is 12.4. The van der Waals surface area contributed by atoms with Gasteiger partial charge >= 0.3 is 6.03 Å². The van der Waals surface area contributed by atoms with Crippen molar-refractivity contribution in [2.75, 3.05) is 16.8 Å². The molecule has 3 amide bonds. The lowest BCUT2D eigenvalue weighted by Gasteiger charge is -2.17. The van der Waals surface area contributed by atoms with Crippen molar-refractivity contribution in [2.45, 2.75) is 12.5 Å². The SMILES string of the molecule is O=C(Nc1ccc(Br)cc1F)N[C@@H]1CCN(c2ccccc2)C1=O. The summed E-state index contributed by atoms with van der Waals surface area (Å²) >= 11 is 3.15. The first-order valence-corrected chi connectivity index (χ1v) is 8.23. The monoisotopic (exact) mass is 391 g/mol. The van der Waals surface area contributed by atoms with Crippen LogP contribution in [0.3, 0.4) is 0 Å². The molecule has 0 spiro atoms. The van der Waals surface area contributed by atoms with Crippen molar-refractivity contribution in [3.63, 3.8) is 0 Å². The Morgan fingerprint density at radius 1 is 1.21 bits per heavy atom. The lowest BCUT2D eigenvalue weighted by molar-refractivity contribution is -0.118. The number of amides is 3. The molecule has 0 saturated carbocycles. The van der Waals surface area contributed by atoms with Crippen LogP contribution >= 0.6 is 15.9 Å². The molecule has 1 fully saturated rings. The van der Waals surface area contributed by atoms with Gasteiger partial charge < -0.3 is 15.5 Å². The number of halogens is 2. The predicted molar refractivity (Wildman–Crippen MR) is 93.5 cm³/mol. The average molecular weight is 392 g/mol. The van der Waals surface area contributed by atoms with Crippen LogP contribution in [0.5, 0.6) is 0 Å². The molecule has 1 atom stereocenters. The van der Waals surface area contributed by atoms with Crippen LogP contribution in [0.1, 0.15) is 6.42 Å². The van der Waals surface area contributed by atoms with Gasteiger partial charge in [-0.15, -0.1) is 0 Å². The van der Waals surface area contributed by atoms with Crippen LogP contribution in [-0.2, 0) is 4.79 Å². The van der Waals surface area contributed by atoms with Crippen molar-refractivity contribution in [2.24, 2.45) is 0 Å². The first-order valence-electron chi connectivity index (χ1n) is 7.43. The molecule has 24 heavy (non-hydrogen) atoms. The van der Waals surface area contributed by atoms with Crippen molar-refractivity contribution in [1.29, 1.82) is 0 Å². The van der Waals surface area contributed by atoms with Crippen molar-refractivity contribution in [1.82, 2.24) is 5.32 Å². The Kier molecular flexibility index (Phi) is 4.80. The van der Waals surface area contributed by atoms with E-state index in [0.29, 0.717) is 17.4 Å². The lowest BCUT2D eigenvalue weighted by atomic mass is 10.2. The van der Waals surface area contributed by atoms with Gasteiger partial charge in [-0.25, -0.2) is 9.18 Å². The Hall–Kier alpha value is -2.41. The number of hydrogen-bond acceptors (Lipinski definition) is 2. The van der Waals surface area contributed by atoms with Crippen molar-refractivity contribution >= 4 is 39.2 Å². The highest BCUT2D eigenvalue weighted by Crippen LogP contribution is 2.22. The van der Waals surface area contributed by atoms with E-state index in [1.54, 1.807) is 11.0 Å². The zero-order valence-corrected chi connectivity index (χ0v) is 14.2. The minimum atomic E-state index is -0.622. The number of benzene rings is 2. The molecule has 1 saturated heterocycles. The Labute approximate surface area is 147 Å². The van der Waals surface area contributed by atoms with Gasteiger partial charge in [-0.1, -0.05) is 34.1 Å². The highest BCUT2D eigenvalue weighted by Gasteiger charge is 2.33. The minimum Gasteiger partial charge on any atom is -0.326 e. The third kappa shape index (κ3) is 3.56. The van der Waals surface area contributed by atoms with E-state index < -0.39 is 17.9 Å². The summed E-state index contributed by atoms with van der Waals surface area (Å²) in [5.74, 6) is -0.726. The van der Waals surface area contributed by atoms with Crippen molar-refractivity contribution in [3.05, 3.63) is 58.8 Å². The summed E-state index contributed by atoms with van der Waals surface area (Å²) in [7, 11) is 0. The van der Waals surface area contributed by atoms with Gasteiger partial charge in [0.05, 0.1) is 5.69 Å². The van der Waals surface area contributed by atoms with Crippen LogP contribution < -0.4 is 15.5 Å². The predicted octanol–water partition coefficient (Wildman–Crippen LogP) is 3.52. The second-order valence-electron chi connectivity index (χ2n) is 5.39. The van der Waals surface area contributed by atoms with Gasteiger partial charge in [-0.05, 0) is 36.8 Å². The maximum atomic E-state index is 13.7. The number of para-hydroxylation sites is 1. The molecule has 124 valence electrons. The molecule has 1 aliphatic rings. The minimum absolute atomic E-state index is 0.0565. The standard InChI is InChI=1S/C17H15BrFN3O2/c18-11-6-7-14(13(19)10-11)20-17(24)21-15-8-9-22(16(15)23)12-4-2-1-3-5-12/h1-7,10,15H,8-9H2,(H2,20,21,24)/t15-/m1/s1. The fourth-order valence-corrected chi connectivity index (χ4v) is 2.92. The van der Waals surface area contributed by atoms with Gasteiger partial charge in [0.2, 0.25) is 5.91 Å². The second kappa shape index (κ2) is 7.00. The lowest BCUT2D eigenvalue weighted by Crippen LogP contribution is -2.43. The summed E-state index contributed by atoms with van der Waals surface area (Å²) in [5.41, 5.74) is 0.854. The van der Waals surface area contributed by atoms with Crippen LogP contribution in [0.25, 0.3) is 0 Å². The van der Waals surface area contributed by atoms with E-state index in [2.05, 4.69) is 26.6 Å². The summed E-state index contributed by atoms with van der Waals surface area (Å²) in [6.07, 6.45) is 0.504. The van der Waals surface area contributed by atoms with E-state index in [1.165, 1.54) is 12.1 Å². The first kappa shape index (κ1) is 16.4. The molecule has 0 unspecified atom stereocenters. The topological polar surface area (TPSA) is 61.4 Å². The van der Waals surface area contributed by atoms with Crippen molar-refractivity contribution in [3.8, 4) is 0 Å². The molecular formula is C17H15BrFN3O2. The number of rotatable bonds is 3. The number of urea groups is 1. The molecular weight excluding hydrogens is 377 g/mol. The summed E-state index contributed by atoms with van der Waals surface area (Å²) in [6.45, 7) is 0.528. The summed E-state index contributed by atoms with van der Waals surface area (Å²) in [4.78, 5) is 26.1. The molecule has 2 aromatic rings. The molecule has 1 heterocycles. The normalized spacial score (nSPS) is 17.0. The molecule has 0 aromatic heterocycles. The van der Waals surface area contributed by atoms with Gasteiger partial charge in [-0.3, -0.25) is 4.79 Å². The number of anilines is 2. The van der Waals surface area contributed by atoms with E-state index in [4.69, 9.17) is 0 Å². The number of nitrogens with one attached hydrogen (secondary N) is 2. The maximum Gasteiger partial charge on any atom is 0.319 e. The number of carbonyl (C=O) groups excluding carboxylic acids is 2. The molecule has 2 N–H and O–H groups in total. The Balaban J connectivity index is 1.62. The van der Waals surface area contributed by atoms with Gasteiger partial charge in [-0.2, -0.15) is 0 Å². The van der Waals surface area contributed by atoms with Gasteiger partial charge in [0, 0.05) is 16.7 Å². The van der Waals surface area contributed by atoms with Crippen LogP contribution in [-0.4, -0.2) is 24.5 Å². The number of hydrogen-bond donors (Lipinski definition) is 2. The second-order valence-corrected chi connectivity index (χ2v) is 6.30. The Bertz CT molecular complexity index is 770. The van der Waals surface area contributed by atoms with Crippen LogP contribution in [0.4, 0.5) is 20.6 Å². The molecule has 0 radical (unpaired) electrons. The first-order chi connectivity index (χ1) is 11.5. The van der Waals surface area contributed by atoms with E-state index in [-0.39, 0.29) is 11.6 Å².